The van der Waals surface area contributed by atoms with Crippen LogP contribution in [-0.2, 0) is 0 Å². The monoisotopic (exact) mass is 322 g/mol. The van der Waals surface area contributed by atoms with Crippen LogP contribution in [0.15, 0.2) is 40.2 Å². The summed E-state index contributed by atoms with van der Waals surface area (Å²) in [5, 5.41) is 9.16. The number of hydrogen-bond donors (Lipinski definition) is 2. The third kappa shape index (κ3) is 2.76. The predicted octanol–water partition coefficient (Wildman–Crippen LogP) is 3.95. The molecule has 1 aliphatic heterocycles. The summed E-state index contributed by atoms with van der Waals surface area (Å²) >= 11 is 5.26. The van der Waals surface area contributed by atoms with E-state index >= 15 is 0 Å². The molecule has 1 fully saturated rings. The van der Waals surface area contributed by atoms with Gasteiger partial charge in [0, 0.05) is 33.0 Å². The van der Waals surface area contributed by atoms with E-state index in [9.17, 15) is 0 Å². The predicted molar refractivity (Wildman–Crippen MR) is 82.4 cm³/mol. The van der Waals surface area contributed by atoms with Crippen LogP contribution in [0.5, 0.6) is 0 Å². The van der Waals surface area contributed by atoms with Gasteiger partial charge < -0.3 is 10.6 Å². The van der Waals surface area contributed by atoms with Crippen LogP contribution >= 0.6 is 27.3 Å². The highest BCUT2D eigenvalue weighted by molar-refractivity contribution is 9.10. The molecule has 4 heteroatoms. The van der Waals surface area contributed by atoms with Gasteiger partial charge in [-0.1, -0.05) is 28.1 Å². The van der Waals surface area contributed by atoms with Crippen molar-refractivity contribution in [3.05, 3.63) is 40.2 Å². The lowest BCUT2D eigenvalue weighted by molar-refractivity contribution is 0.794. The van der Waals surface area contributed by atoms with Gasteiger partial charge in [0.2, 0.25) is 0 Å². The minimum absolute atomic E-state index is 0.581. The number of rotatable bonds is 3. The molecule has 1 atom stereocenters. The minimum Gasteiger partial charge on any atom is -0.380 e. The maximum atomic E-state index is 3.58. The summed E-state index contributed by atoms with van der Waals surface area (Å²) in [6.45, 7) is 2.20. The SMILES string of the molecule is Brc1ccc(-c2cc(NC3CCNC3)cs2)cc1. The van der Waals surface area contributed by atoms with E-state index in [0.29, 0.717) is 6.04 Å². The first kappa shape index (κ1) is 12.2. The Hall–Kier alpha value is -0.840. The standard InChI is InChI=1S/C14H15BrN2S/c15-11-3-1-10(2-4-11)14-7-13(9-18-14)17-12-5-6-16-8-12/h1-4,7,9,12,16-17H,5-6,8H2. The third-order valence-corrected chi connectivity index (χ3v) is 4.67. The molecule has 1 unspecified atom stereocenters. The number of hydrogen-bond acceptors (Lipinski definition) is 3. The number of benzene rings is 1. The van der Waals surface area contributed by atoms with E-state index in [4.69, 9.17) is 0 Å². The molecule has 3 rings (SSSR count). The molecule has 0 radical (unpaired) electrons. The quantitative estimate of drug-likeness (QED) is 0.894. The second kappa shape index (κ2) is 5.43. The molecular weight excluding hydrogens is 308 g/mol. The minimum atomic E-state index is 0.581. The summed E-state index contributed by atoms with van der Waals surface area (Å²) in [6.07, 6.45) is 1.21. The molecule has 0 spiro atoms. The molecule has 0 bridgehead atoms. The van der Waals surface area contributed by atoms with Gasteiger partial charge in [-0.3, -0.25) is 0 Å². The molecule has 1 aliphatic rings. The molecule has 1 aromatic heterocycles. The third-order valence-electron chi connectivity index (χ3n) is 3.16. The lowest BCUT2D eigenvalue weighted by Crippen LogP contribution is -2.21. The zero-order valence-electron chi connectivity index (χ0n) is 9.95. The smallest absolute Gasteiger partial charge is 0.0457 e. The van der Waals surface area contributed by atoms with Gasteiger partial charge in [-0.05, 0) is 36.7 Å². The fraction of sp³-hybridized carbons (Fsp3) is 0.286. The van der Waals surface area contributed by atoms with Crippen LogP contribution in [-0.4, -0.2) is 19.1 Å². The van der Waals surface area contributed by atoms with Crippen LogP contribution < -0.4 is 10.6 Å². The summed E-state index contributed by atoms with van der Waals surface area (Å²) in [5.41, 5.74) is 2.52. The number of anilines is 1. The Morgan fingerprint density at radius 2 is 2.11 bits per heavy atom. The first-order valence-corrected chi connectivity index (χ1v) is 7.80. The van der Waals surface area contributed by atoms with E-state index in [1.165, 1.54) is 22.5 Å². The first-order valence-electron chi connectivity index (χ1n) is 6.13. The van der Waals surface area contributed by atoms with Crippen molar-refractivity contribution in [1.82, 2.24) is 5.32 Å². The van der Waals surface area contributed by atoms with Crippen molar-refractivity contribution < 1.29 is 0 Å². The van der Waals surface area contributed by atoms with Crippen molar-refractivity contribution in [3.8, 4) is 10.4 Å². The zero-order chi connectivity index (χ0) is 12.4. The van der Waals surface area contributed by atoms with E-state index in [1.807, 2.05) is 0 Å². The van der Waals surface area contributed by atoms with Crippen LogP contribution in [0.4, 0.5) is 5.69 Å². The van der Waals surface area contributed by atoms with Crippen LogP contribution in [0.25, 0.3) is 10.4 Å². The van der Waals surface area contributed by atoms with E-state index < -0.39 is 0 Å². The summed E-state index contributed by atoms with van der Waals surface area (Å²) in [7, 11) is 0. The Morgan fingerprint density at radius 1 is 1.28 bits per heavy atom. The maximum Gasteiger partial charge on any atom is 0.0457 e. The molecule has 18 heavy (non-hydrogen) atoms. The van der Waals surface area contributed by atoms with Crippen molar-refractivity contribution in [2.24, 2.45) is 0 Å². The van der Waals surface area contributed by atoms with E-state index in [2.05, 4.69) is 62.3 Å². The summed E-state index contributed by atoms with van der Waals surface area (Å²) in [5.74, 6) is 0. The Morgan fingerprint density at radius 3 is 2.83 bits per heavy atom. The second-order valence-corrected chi connectivity index (χ2v) is 6.37. The summed E-state index contributed by atoms with van der Waals surface area (Å²) in [4.78, 5) is 1.32. The van der Waals surface area contributed by atoms with Gasteiger partial charge in [0.05, 0.1) is 0 Å². The molecule has 2 N–H and O–H groups in total. The molecule has 2 aromatic rings. The van der Waals surface area contributed by atoms with Crippen molar-refractivity contribution in [3.63, 3.8) is 0 Å². The molecule has 94 valence electrons. The van der Waals surface area contributed by atoms with Gasteiger partial charge in [0.25, 0.3) is 0 Å². The van der Waals surface area contributed by atoms with Gasteiger partial charge in [-0.15, -0.1) is 11.3 Å². The van der Waals surface area contributed by atoms with Gasteiger partial charge in [-0.25, -0.2) is 0 Å². The summed E-state index contributed by atoms with van der Waals surface area (Å²) in [6, 6.07) is 11.3. The van der Waals surface area contributed by atoms with Crippen molar-refractivity contribution >= 4 is 33.0 Å². The normalized spacial score (nSPS) is 19.1. The average Bonchev–Trinajstić information content (AvgIpc) is 3.02. The lowest BCUT2D eigenvalue weighted by Gasteiger charge is -2.10. The van der Waals surface area contributed by atoms with E-state index in [-0.39, 0.29) is 0 Å². The maximum absolute atomic E-state index is 3.58. The van der Waals surface area contributed by atoms with Gasteiger partial charge in [0.1, 0.15) is 0 Å². The van der Waals surface area contributed by atoms with Crippen molar-refractivity contribution in [2.45, 2.75) is 12.5 Å². The molecule has 0 aliphatic carbocycles. The number of nitrogens with one attached hydrogen (secondary N) is 2. The van der Waals surface area contributed by atoms with Crippen LogP contribution in [0, 0.1) is 0 Å². The average molecular weight is 323 g/mol. The highest BCUT2D eigenvalue weighted by Crippen LogP contribution is 2.31. The molecule has 2 heterocycles. The fourth-order valence-electron chi connectivity index (χ4n) is 2.19. The summed E-state index contributed by atoms with van der Waals surface area (Å²) < 4.78 is 1.12. The van der Waals surface area contributed by atoms with Gasteiger partial charge in [0.15, 0.2) is 0 Å². The van der Waals surface area contributed by atoms with Crippen molar-refractivity contribution in [2.75, 3.05) is 18.4 Å². The Bertz CT molecular complexity index is 515. The lowest BCUT2D eigenvalue weighted by atomic mass is 10.2. The Kier molecular flexibility index (Phi) is 3.68. The molecular formula is C14H15BrN2S. The number of halogens is 1. The largest absolute Gasteiger partial charge is 0.380 e. The van der Waals surface area contributed by atoms with E-state index in [0.717, 1.165) is 17.6 Å². The second-order valence-electron chi connectivity index (χ2n) is 4.54. The highest BCUT2D eigenvalue weighted by Gasteiger charge is 2.14. The van der Waals surface area contributed by atoms with E-state index in [1.54, 1.807) is 11.3 Å². The first-order chi connectivity index (χ1) is 8.81. The molecule has 0 saturated carbocycles. The van der Waals surface area contributed by atoms with Crippen LogP contribution in [0.2, 0.25) is 0 Å². The molecule has 1 saturated heterocycles. The van der Waals surface area contributed by atoms with Crippen LogP contribution in [0.3, 0.4) is 0 Å². The fourth-order valence-corrected chi connectivity index (χ4v) is 3.31. The molecule has 0 amide bonds. The zero-order valence-corrected chi connectivity index (χ0v) is 12.4. The van der Waals surface area contributed by atoms with Crippen molar-refractivity contribution in [1.29, 1.82) is 0 Å². The topological polar surface area (TPSA) is 24.1 Å². The van der Waals surface area contributed by atoms with Gasteiger partial charge in [-0.2, -0.15) is 0 Å². The molecule has 1 aromatic carbocycles. The highest BCUT2D eigenvalue weighted by atomic mass is 79.9. The Balaban J connectivity index is 1.74. The molecule has 2 nitrogen and oxygen atoms in total. The van der Waals surface area contributed by atoms with Gasteiger partial charge >= 0.3 is 0 Å². The van der Waals surface area contributed by atoms with Crippen LogP contribution in [0.1, 0.15) is 6.42 Å². The Labute approximate surface area is 120 Å². The number of thiophene rings is 1.